The minimum Gasteiger partial charge on any atom is -0.310 e. The number of benzene rings is 2. The monoisotopic (exact) mass is 365 g/mol. The molecule has 0 unspecified atom stereocenters. The summed E-state index contributed by atoms with van der Waals surface area (Å²) in [5, 5.41) is 7.29. The van der Waals surface area contributed by atoms with E-state index in [1.54, 1.807) is 18.0 Å². The Labute approximate surface area is 158 Å². The number of rotatable bonds is 7. The molecule has 26 heavy (non-hydrogen) atoms. The van der Waals surface area contributed by atoms with Crippen molar-refractivity contribution in [3.05, 3.63) is 83.0 Å². The van der Waals surface area contributed by atoms with Gasteiger partial charge in [-0.3, -0.25) is 4.79 Å². The van der Waals surface area contributed by atoms with E-state index in [1.165, 1.54) is 16.7 Å². The van der Waals surface area contributed by atoms with Crippen LogP contribution in [-0.2, 0) is 17.1 Å². The van der Waals surface area contributed by atoms with Crippen LogP contribution in [0.25, 0.3) is 0 Å². The zero-order chi connectivity index (χ0) is 18.4. The van der Waals surface area contributed by atoms with E-state index in [0.29, 0.717) is 12.3 Å². The van der Waals surface area contributed by atoms with Crippen molar-refractivity contribution in [1.82, 2.24) is 9.78 Å². The summed E-state index contributed by atoms with van der Waals surface area (Å²) in [6, 6.07) is 18.5. The first-order valence-electron chi connectivity index (χ1n) is 8.60. The highest BCUT2D eigenvalue weighted by atomic mass is 32.2. The number of hydrogen-bond donors (Lipinski definition) is 1. The number of nitrogens with zero attached hydrogens (tertiary/aromatic N) is 2. The van der Waals surface area contributed by atoms with Crippen molar-refractivity contribution >= 4 is 23.5 Å². The lowest BCUT2D eigenvalue weighted by atomic mass is 10.1. The molecule has 1 N–H and O–H groups in total. The van der Waals surface area contributed by atoms with Crippen LogP contribution in [0.5, 0.6) is 0 Å². The lowest BCUT2D eigenvalue weighted by molar-refractivity contribution is -0.113. The molecule has 2 aromatic carbocycles. The van der Waals surface area contributed by atoms with Gasteiger partial charge in [0.15, 0.2) is 0 Å². The highest BCUT2D eigenvalue weighted by Gasteiger charge is 2.08. The highest BCUT2D eigenvalue weighted by molar-refractivity contribution is 7.99. The number of nitrogens with one attached hydrogen (secondary N) is 1. The summed E-state index contributed by atoms with van der Waals surface area (Å²) in [6.45, 7) is 4.78. The van der Waals surface area contributed by atoms with E-state index in [-0.39, 0.29) is 5.91 Å². The molecule has 1 amide bonds. The van der Waals surface area contributed by atoms with Crippen LogP contribution < -0.4 is 5.32 Å². The van der Waals surface area contributed by atoms with E-state index < -0.39 is 0 Å². The third-order valence-electron chi connectivity index (χ3n) is 4.02. The van der Waals surface area contributed by atoms with Gasteiger partial charge in [0.2, 0.25) is 5.91 Å². The molecule has 0 atom stereocenters. The fourth-order valence-electron chi connectivity index (χ4n) is 2.67. The van der Waals surface area contributed by atoms with Crippen molar-refractivity contribution in [2.24, 2.45) is 0 Å². The fraction of sp³-hybridized carbons (Fsp3) is 0.238. The molecule has 0 bridgehead atoms. The number of hydrogen-bond acceptors (Lipinski definition) is 3. The van der Waals surface area contributed by atoms with Gasteiger partial charge in [0, 0.05) is 11.8 Å². The summed E-state index contributed by atoms with van der Waals surface area (Å²) in [5.41, 5.74) is 4.86. The fourth-order valence-corrected chi connectivity index (χ4v) is 3.46. The number of carbonyl (C=O) groups excluding carboxylic acids is 1. The van der Waals surface area contributed by atoms with E-state index in [2.05, 4.69) is 66.7 Å². The van der Waals surface area contributed by atoms with Gasteiger partial charge in [-0.05, 0) is 25.0 Å². The third-order valence-corrected chi connectivity index (χ3v) is 5.03. The zero-order valence-electron chi connectivity index (χ0n) is 15.1. The average molecular weight is 366 g/mol. The maximum atomic E-state index is 12.2. The van der Waals surface area contributed by atoms with Crippen LogP contribution in [0, 0.1) is 13.8 Å². The molecule has 134 valence electrons. The molecule has 3 rings (SSSR count). The topological polar surface area (TPSA) is 46.9 Å². The van der Waals surface area contributed by atoms with Crippen LogP contribution in [0.4, 0.5) is 5.82 Å². The Morgan fingerprint density at radius 2 is 1.85 bits per heavy atom. The number of aromatic nitrogens is 2. The third kappa shape index (κ3) is 5.23. The Bertz CT molecular complexity index is 871. The van der Waals surface area contributed by atoms with Gasteiger partial charge < -0.3 is 5.32 Å². The molecule has 3 aromatic rings. The first-order valence-corrected chi connectivity index (χ1v) is 9.76. The SMILES string of the molecule is Cc1ccc(CSCC(=O)Nc2ccnn2Cc2cccc(C)c2)cc1. The summed E-state index contributed by atoms with van der Waals surface area (Å²) < 4.78 is 1.82. The standard InChI is InChI=1S/C21H23N3OS/c1-16-6-8-18(9-7-16)14-26-15-21(25)23-20-10-11-22-24(20)13-19-5-3-4-17(2)12-19/h3-12H,13-15H2,1-2H3,(H,23,25). The first-order chi connectivity index (χ1) is 12.6. The molecule has 1 aromatic heterocycles. The average Bonchev–Trinajstić information content (AvgIpc) is 3.03. The predicted octanol–water partition coefficient (Wildman–Crippen LogP) is 4.42. The van der Waals surface area contributed by atoms with Crippen LogP contribution in [0.15, 0.2) is 60.8 Å². The van der Waals surface area contributed by atoms with Gasteiger partial charge in [-0.1, -0.05) is 59.7 Å². The van der Waals surface area contributed by atoms with Crippen LogP contribution in [0.1, 0.15) is 22.3 Å². The van der Waals surface area contributed by atoms with E-state index in [0.717, 1.165) is 17.1 Å². The molecule has 0 fully saturated rings. The molecule has 0 saturated carbocycles. The van der Waals surface area contributed by atoms with E-state index in [9.17, 15) is 4.79 Å². The summed E-state index contributed by atoms with van der Waals surface area (Å²) in [5.74, 6) is 1.97. The summed E-state index contributed by atoms with van der Waals surface area (Å²) in [7, 11) is 0. The molecule has 0 aliphatic carbocycles. The normalized spacial score (nSPS) is 10.7. The maximum absolute atomic E-state index is 12.2. The summed E-state index contributed by atoms with van der Waals surface area (Å²) in [6.07, 6.45) is 1.71. The predicted molar refractivity (Wildman–Crippen MR) is 108 cm³/mol. The van der Waals surface area contributed by atoms with Crippen molar-refractivity contribution in [3.8, 4) is 0 Å². The summed E-state index contributed by atoms with van der Waals surface area (Å²) >= 11 is 1.61. The van der Waals surface area contributed by atoms with Crippen LogP contribution in [0.3, 0.4) is 0 Å². The quantitative estimate of drug-likeness (QED) is 0.674. The highest BCUT2D eigenvalue weighted by Crippen LogP contribution is 2.15. The minimum absolute atomic E-state index is 0.00639. The Balaban J connectivity index is 1.51. The molecule has 0 spiro atoms. The number of carbonyl (C=O) groups is 1. The molecular formula is C21H23N3OS. The first kappa shape index (κ1) is 18.3. The van der Waals surface area contributed by atoms with Crippen molar-refractivity contribution in [1.29, 1.82) is 0 Å². The molecule has 0 aliphatic rings. The van der Waals surface area contributed by atoms with Crippen LogP contribution in [0.2, 0.25) is 0 Å². The van der Waals surface area contributed by atoms with Crippen molar-refractivity contribution in [2.75, 3.05) is 11.1 Å². The number of anilines is 1. The molecule has 5 heteroatoms. The van der Waals surface area contributed by atoms with Gasteiger partial charge >= 0.3 is 0 Å². The Kier molecular flexibility index (Phi) is 6.12. The maximum Gasteiger partial charge on any atom is 0.235 e. The van der Waals surface area contributed by atoms with Crippen LogP contribution in [-0.4, -0.2) is 21.4 Å². The lowest BCUT2D eigenvalue weighted by Gasteiger charge is -2.10. The lowest BCUT2D eigenvalue weighted by Crippen LogP contribution is -2.18. The van der Waals surface area contributed by atoms with Gasteiger partial charge in [0.05, 0.1) is 18.5 Å². The Morgan fingerprint density at radius 1 is 1.04 bits per heavy atom. The van der Waals surface area contributed by atoms with Gasteiger partial charge in [-0.2, -0.15) is 5.10 Å². The zero-order valence-corrected chi connectivity index (χ0v) is 15.9. The smallest absolute Gasteiger partial charge is 0.235 e. The van der Waals surface area contributed by atoms with Crippen molar-refractivity contribution in [2.45, 2.75) is 26.1 Å². The molecule has 1 heterocycles. The Morgan fingerprint density at radius 3 is 2.62 bits per heavy atom. The van der Waals surface area contributed by atoms with E-state index in [1.807, 2.05) is 16.8 Å². The second-order valence-corrected chi connectivity index (χ2v) is 7.38. The Hall–Kier alpha value is -2.53. The van der Waals surface area contributed by atoms with E-state index >= 15 is 0 Å². The molecular weight excluding hydrogens is 342 g/mol. The van der Waals surface area contributed by atoms with Gasteiger partial charge in [-0.25, -0.2) is 4.68 Å². The number of aryl methyl sites for hydroxylation is 2. The molecule has 0 aliphatic heterocycles. The van der Waals surface area contributed by atoms with Crippen molar-refractivity contribution in [3.63, 3.8) is 0 Å². The molecule has 0 radical (unpaired) electrons. The number of thioether (sulfide) groups is 1. The summed E-state index contributed by atoms with van der Waals surface area (Å²) in [4.78, 5) is 12.2. The molecule has 4 nitrogen and oxygen atoms in total. The minimum atomic E-state index is -0.00639. The van der Waals surface area contributed by atoms with Crippen molar-refractivity contribution < 1.29 is 4.79 Å². The van der Waals surface area contributed by atoms with E-state index in [4.69, 9.17) is 0 Å². The number of amides is 1. The second kappa shape index (κ2) is 8.72. The van der Waals surface area contributed by atoms with Gasteiger partial charge in [0.25, 0.3) is 0 Å². The largest absolute Gasteiger partial charge is 0.310 e. The van der Waals surface area contributed by atoms with Gasteiger partial charge in [-0.15, -0.1) is 11.8 Å². The van der Waals surface area contributed by atoms with Crippen LogP contribution >= 0.6 is 11.8 Å². The van der Waals surface area contributed by atoms with Gasteiger partial charge in [0.1, 0.15) is 5.82 Å². The molecule has 0 saturated heterocycles. The second-order valence-electron chi connectivity index (χ2n) is 6.39.